The van der Waals surface area contributed by atoms with Gasteiger partial charge < -0.3 is 5.32 Å². The van der Waals surface area contributed by atoms with Crippen LogP contribution >= 0.6 is 0 Å². The average Bonchev–Trinajstić information content (AvgIpc) is 2.84. The number of H-pyrrole nitrogens is 1. The molecule has 0 aliphatic rings. The fraction of sp³-hybridized carbons (Fsp3) is 0. The SMILES string of the molecule is NS(=O)(=O)c1ccc(NC(=O)c2cn[nH]c2)c(F)c1. The number of nitrogens with one attached hydrogen (secondary N) is 2. The van der Waals surface area contributed by atoms with Crippen molar-refractivity contribution in [2.24, 2.45) is 5.14 Å². The van der Waals surface area contributed by atoms with Crippen molar-refractivity contribution < 1.29 is 17.6 Å². The lowest BCUT2D eigenvalue weighted by atomic mass is 10.2. The number of primary sulfonamides is 1. The molecule has 4 N–H and O–H groups in total. The number of sulfonamides is 1. The second-order valence-corrected chi connectivity index (χ2v) is 5.19. The van der Waals surface area contributed by atoms with Crippen molar-refractivity contribution in [3.8, 4) is 0 Å². The molecule has 0 aliphatic heterocycles. The van der Waals surface area contributed by atoms with Crippen LogP contribution in [0, 0.1) is 5.82 Å². The van der Waals surface area contributed by atoms with Crippen molar-refractivity contribution in [1.29, 1.82) is 0 Å². The minimum Gasteiger partial charge on any atom is -0.319 e. The van der Waals surface area contributed by atoms with E-state index in [1.165, 1.54) is 12.4 Å². The summed E-state index contributed by atoms with van der Waals surface area (Å²) in [6, 6.07) is 2.96. The smallest absolute Gasteiger partial charge is 0.258 e. The Hall–Kier alpha value is -2.26. The molecule has 0 atom stereocenters. The molecule has 0 radical (unpaired) electrons. The number of halogens is 1. The van der Waals surface area contributed by atoms with Crippen molar-refractivity contribution in [3.05, 3.63) is 42.0 Å². The van der Waals surface area contributed by atoms with Gasteiger partial charge in [-0.25, -0.2) is 17.9 Å². The molecule has 2 aromatic rings. The van der Waals surface area contributed by atoms with E-state index in [9.17, 15) is 17.6 Å². The molecule has 0 saturated carbocycles. The molecule has 0 unspecified atom stereocenters. The molecule has 0 fully saturated rings. The number of hydrogen-bond donors (Lipinski definition) is 3. The molecule has 19 heavy (non-hydrogen) atoms. The molecule has 100 valence electrons. The van der Waals surface area contributed by atoms with E-state index in [-0.39, 0.29) is 16.1 Å². The van der Waals surface area contributed by atoms with Gasteiger partial charge in [-0.1, -0.05) is 0 Å². The maximum absolute atomic E-state index is 13.6. The first-order valence-corrected chi connectivity index (χ1v) is 6.55. The summed E-state index contributed by atoms with van der Waals surface area (Å²) < 4.78 is 35.7. The Bertz CT molecular complexity index is 712. The van der Waals surface area contributed by atoms with Crippen molar-refractivity contribution in [1.82, 2.24) is 10.2 Å². The summed E-state index contributed by atoms with van der Waals surface area (Å²) in [6.07, 6.45) is 2.61. The van der Waals surface area contributed by atoms with Gasteiger partial charge in [0.15, 0.2) is 0 Å². The zero-order valence-corrected chi connectivity index (χ0v) is 10.2. The molecule has 0 saturated heterocycles. The van der Waals surface area contributed by atoms with Crippen molar-refractivity contribution >= 4 is 21.6 Å². The third-order valence-electron chi connectivity index (χ3n) is 2.28. The van der Waals surface area contributed by atoms with E-state index in [4.69, 9.17) is 5.14 Å². The third kappa shape index (κ3) is 2.95. The predicted molar refractivity (Wildman–Crippen MR) is 64.3 cm³/mol. The summed E-state index contributed by atoms with van der Waals surface area (Å²) >= 11 is 0. The number of hydrogen-bond acceptors (Lipinski definition) is 4. The Kier molecular flexibility index (Phi) is 3.32. The Morgan fingerprint density at radius 2 is 2.16 bits per heavy atom. The average molecular weight is 284 g/mol. The minimum atomic E-state index is -3.98. The first-order chi connectivity index (χ1) is 8.88. The number of aromatic amines is 1. The zero-order valence-electron chi connectivity index (χ0n) is 9.42. The number of nitrogens with zero attached hydrogens (tertiary/aromatic N) is 1. The third-order valence-corrected chi connectivity index (χ3v) is 3.19. The van der Waals surface area contributed by atoms with E-state index in [0.29, 0.717) is 0 Å². The fourth-order valence-electron chi connectivity index (χ4n) is 1.34. The molecule has 0 bridgehead atoms. The van der Waals surface area contributed by atoms with Gasteiger partial charge in [-0.2, -0.15) is 5.10 Å². The molecular weight excluding hydrogens is 275 g/mol. The molecular formula is C10H9FN4O3S. The van der Waals surface area contributed by atoms with Gasteiger partial charge in [-0.05, 0) is 18.2 Å². The van der Waals surface area contributed by atoms with Crippen LogP contribution < -0.4 is 10.5 Å². The molecule has 1 aromatic heterocycles. The lowest BCUT2D eigenvalue weighted by Gasteiger charge is -2.06. The normalized spacial score (nSPS) is 11.3. The van der Waals surface area contributed by atoms with E-state index < -0.39 is 21.7 Å². The van der Waals surface area contributed by atoms with Crippen molar-refractivity contribution in [3.63, 3.8) is 0 Å². The van der Waals surface area contributed by atoms with Crippen LogP contribution in [0.15, 0.2) is 35.5 Å². The maximum atomic E-state index is 13.6. The molecule has 9 heteroatoms. The van der Waals surface area contributed by atoms with Crippen LogP contribution in [-0.2, 0) is 10.0 Å². The molecule has 1 aromatic carbocycles. The van der Waals surface area contributed by atoms with Crippen LogP contribution in [0.4, 0.5) is 10.1 Å². The number of carbonyl (C=O) groups is 1. The Morgan fingerprint density at radius 3 is 2.68 bits per heavy atom. The van der Waals surface area contributed by atoms with Gasteiger partial charge in [-0.15, -0.1) is 0 Å². The van der Waals surface area contributed by atoms with E-state index >= 15 is 0 Å². The summed E-state index contributed by atoms with van der Waals surface area (Å²) in [4.78, 5) is 11.3. The van der Waals surface area contributed by atoms with Crippen LogP contribution in [-0.4, -0.2) is 24.5 Å². The van der Waals surface area contributed by atoms with Gasteiger partial charge >= 0.3 is 0 Å². The Balaban J connectivity index is 2.25. The van der Waals surface area contributed by atoms with Crippen LogP contribution in [0.5, 0.6) is 0 Å². The van der Waals surface area contributed by atoms with Gasteiger partial charge in [0.05, 0.1) is 22.3 Å². The summed E-state index contributed by atoms with van der Waals surface area (Å²) in [7, 11) is -3.98. The standard InChI is InChI=1S/C10H9FN4O3S/c11-8-3-7(19(12,17)18)1-2-9(8)15-10(16)6-4-13-14-5-6/h1-5H,(H,13,14)(H,15,16)(H2,12,17,18). The summed E-state index contributed by atoms with van der Waals surface area (Å²) in [5.74, 6) is -1.47. The first kappa shape index (κ1) is 13.2. The number of anilines is 1. The van der Waals surface area contributed by atoms with Gasteiger partial charge in [0.2, 0.25) is 10.0 Å². The summed E-state index contributed by atoms with van der Waals surface area (Å²) in [5.41, 5.74) is 0.0634. The highest BCUT2D eigenvalue weighted by Crippen LogP contribution is 2.18. The number of benzene rings is 1. The zero-order chi connectivity index (χ0) is 14.0. The van der Waals surface area contributed by atoms with Gasteiger partial charge in [0.1, 0.15) is 5.82 Å². The Morgan fingerprint density at radius 1 is 1.42 bits per heavy atom. The maximum Gasteiger partial charge on any atom is 0.258 e. The summed E-state index contributed by atoms with van der Waals surface area (Å²) in [6.45, 7) is 0. The number of aromatic nitrogens is 2. The predicted octanol–water partition coefficient (Wildman–Crippen LogP) is 0.448. The Labute approximate surface area is 107 Å². The molecule has 2 rings (SSSR count). The highest BCUT2D eigenvalue weighted by molar-refractivity contribution is 7.89. The summed E-state index contributed by atoms with van der Waals surface area (Å²) in [5, 5.41) is 13.2. The van der Waals surface area contributed by atoms with Gasteiger partial charge in [0.25, 0.3) is 5.91 Å². The van der Waals surface area contributed by atoms with Crippen LogP contribution in [0.2, 0.25) is 0 Å². The number of nitrogens with two attached hydrogens (primary N) is 1. The van der Waals surface area contributed by atoms with E-state index in [2.05, 4.69) is 15.5 Å². The molecule has 1 heterocycles. The molecule has 0 aliphatic carbocycles. The van der Waals surface area contributed by atoms with Gasteiger partial charge in [-0.3, -0.25) is 9.89 Å². The van der Waals surface area contributed by atoms with Crippen LogP contribution in [0.1, 0.15) is 10.4 Å². The fourth-order valence-corrected chi connectivity index (χ4v) is 1.87. The van der Waals surface area contributed by atoms with Crippen molar-refractivity contribution in [2.75, 3.05) is 5.32 Å². The van der Waals surface area contributed by atoms with E-state index in [0.717, 1.165) is 18.2 Å². The number of rotatable bonds is 3. The minimum absolute atomic E-state index is 0.154. The van der Waals surface area contributed by atoms with E-state index in [1.807, 2.05) is 0 Å². The second-order valence-electron chi connectivity index (χ2n) is 3.63. The van der Waals surface area contributed by atoms with Crippen LogP contribution in [0.3, 0.4) is 0 Å². The lowest BCUT2D eigenvalue weighted by molar-refractivity contribution is 0.102. The van der Waals surface area contributed by atoms with Crippen LogP contribution in [0.25, 0.3) is 0 Å². The topological polar surface area (TPSA) is 118 Å². The van der Waals surface area contributed by atoms with Gasteiger partial charge in [0, 0.05) is 6.20 Å². The largest absolute Gasteiger partial charge is 0.319 e. The number of amides is 1. The number of carbonyl (C=O) groups excluding carboxylic acids is 1. The highest BCUT2D eigenvalue weighted by atomic mass is 32.2. The lowest BCUT2D eigenvalue weighted by Crippen LogP contribution is -2.15. The van der Waals surface area contributed by atoms with E-state index in [1.54, 1.807) is 0 Å². The molecule has 7 nitrogen and oxygen atoms in total. The second kappa shape index (κ2) is 4.78. The highest BCUT2D eigenvalue weighted by Gasteiger charge is 2.14. The quantitative estimate of drug-likeness (QED) is 0.758. The molecule has 0 spiro atoms. The molecule has 1 amide bonds. The first-order valence-electron chi connectivity index (χ1n) is 5.00. The monoisotopic (exact) mass is 284 g/mol. The van der Waals surface area contributed by atoms with Crippen molar-refractivity contribution in [2.45, 2.75) is 4.90 Å².